The average molecular weight is 465 g/mol. The number of nitrogens with zero attached hydrogens (tertiary/aromatic N) is 2. The van der Waals surface area contributed by atoms with Gasteiger partial charge in [0.1, 0.15) is 5.82 Å². The first-order valence-electron chi connectivity index (χ1n) is 12.0. The van der Waals surface area contributed by atoms with Crippen LogP contribution >= 0.6 is 0 Å². The van der Waals surface area contributed by atoms with E-state index in [1.807, 2.05) is 12.1 Å². The number of hydrogen-bond donors (Lipinski definition) is 2. The minimum Gasteiger partial charge on any atom is -0.382 e. The number of pyridine rings is 1. The quantitative estimate of drug-likeness (QED) is 0.492. The molecule has 0 radical (unpaired) electrons. The lowest BCUT2D eigenvalue weighted by Crippen LogP contribution is -2.31. The summed E-state index contributed by atoms with van der Waals surface area (Å²) >= 11 is 0. The fraction of sp³-hybridized carbons (Fsp3) is 0.444. The molecule has 3 heterocycles. The van der Waals surface area contributed by atoms with Crippen molar-refractivity contribution >= 4 is 28.8 Å². The van der Waals surface area contributed by atoms with Crippen molar-refractivity contribution in [1.29, 1.82) is 0 Å². The van der Waals surface area contributed by atoms with Crippen molar-refractivity contribution in [1.82, 2.24) is 9.55 Å². The van der Waals surface area contributed by atoms with Crippen molar-refractivity contribution in [3.8, 4) is 11.1 Å². The van der Waals surface area contributed by atoms with E-state index in [1.165, 1.54) is 19.5 Å². The average Bonchev–Trinajstić information content (AvgIpc) is 3.14. The highest BCUT2D eigenvalue weighted by atomic mass is 19.1. The molecule has 1 aromatic carbocycles. The zero-order valence-electron chi connectivity index (χ0n) is 20.2. The second kappa shape index (κ2) is 9.66. The van der Waals surface area contributed by atoms with Crippen LogP contribution in [0.4, 0.5) is 10.1 Å². The topological polar surface area (TPSA) is 90.0 Å². The molecule has 1 aliphatic heterocycles. The second-order valence-corrected chi connectivity index (χ2v) is 9.98. The Balaban J connectivity index is 0.00000133. The zero-order chi connectivity index (χ0) is 24.5. The van der Waals surface area contributed by atoms with Gasteiger partial charge in [0.15, 0.2) is 6.29 Å². The van der Waals surface area contributed by atoms with Crippen LogP contribution in [0.2, 0.25) is 0 Å². The number of nitrogens with one attached hydrogen (secondary N) is 1. The van der Waals surface area contributed by atoms with Gasteiger partial charge in [-0.15, -0.1) is 0 Å². The van der Waals surface area contributed by atoms with Crippen molar-refractivity contribution in [2.45, 2.75) is 64.8 Å². The number of fused-ring (bicyclic) bond motifs is 3. The van der Waals surface area contributed by atoms with Gasteiger partial charge in [0.05, 0.1) is 17.3 Å². The normalized spacial score (nSPS) is 17.6. The van der Waals surface area contributed by atoms with E-state index in [4.69, 9.17) is 0 Å². The molecule has 2 aliphatic rings. The van der Waals surface area contributed by atoms with Gasteiger partial charge in [0, 0.05) is 41.0 Å². The second-order valence-electron chi connectivity index (χ2n) is 9.98. The first-order valence-corrected chi connectivity index (χ1v) is 12.0. The smallest absolute Gasteiger partial charge is 0.231 e. The Labute approximate surface area is 199 Å². The molecule has 3 aromatic rings. The molecule has 1 saturated carbocycles. The van der Waals surface area contributed by atoms with Gasteiger partial charge in [0.25, 0.3) is 0 Å². The number of aromatic nitrogens is 2. The number of hydrogen-bond acceptors (Lipinski definition) is 5. The molecular formula is C27H33FN4O2. The summed E-state index contributed by atoms with van der Waals surface area (Å²) in [6, 6.07) is 5.43. The summed E-state index contributed by atoms with van der Waals surface area (Å²) in [5.74, 6) is -0.509. The number of rotatable bonds is 4. The molecular weight excluding hydrogens is 431 g/mol. The van der Waals surface area contributed by atoms with Gasteiger partial charge in [0.2, 0.25) is 5.91 Å². The molecule has 0 bridgehead atoms. The molecule has 5 rings (SSSR count). The van der Waals surface area contributed by atoms with Crippen LogP contribution in [0.5, 0.6) is 0 Å². The van der Waals surface area contributed by atoms with E-state index in [2.05, 4.69) is 29.9 Å². The number of carbonyl (C=O) groups is 2. The fourth-order valence-electron chi connectivity index (χ4n) is 5.44. The van der Waals surface area contributed by atoms with E-state index < -0.39 is 5.82 Å². The van der Waals surface area contributed by atoms with E-state index in [0.29, 0.717) is 30.4 Å². The zero-order valence-corrected chi connectivity index (χ0v) is 20.2. The molecule has 0 amide bonds. The Morgan fingerprint density at radius 3 is 2.62 bits per heavy atom. The van der Waals surface area contributed by atoms with Crippen molar-refractivity contribution in [2.75, 3.05) is 12.4 Å². The molecule has 7 heteroatoms. The van der Waals surface area contributed by atoms with Crippen LogP contribution < -0.4 is 11.1 Å². The molecule has 180 valence electrons. The van der Waals surface area contributed by atoms with Gasteiger partial charge in [-0.1, -0.05) is 33.1 Å². The molecule has 1 aliphatic carbocycles. The molecule has 2 aromatic heterocycles. The molecule has 0 unspecified atom stereocenters. The maximum atomic E-state index is 15.2. The highest BCUT2D eigenvalue weighted by molar-refractivity contribution is 6.05. The number of halogens is 1. The molecule has 1 fully saturated rings. The standard InChI is InChI=1S/C26H28FN3O2.CH5N/c1-26(2)12-22-25(18-8-9-28-14-23(18)30(22)24(32)13-26)16-10-20(27)19(15-31)21(11-16)29-17-6-4-3-5-7-17;1-2/h8-11,14-15,17,29H,3-7,12-13H2,1-2H3;2H2,1H3. The Bertz CT molecular complexity index is 1230. The summed E-state index contributed by atoms with van der Waals surface area (Å²) in [6.07, 6.45) is 10.7. The number of anilines is 1. The van der Waals surface area contributed by atoms with Crippen LogP contribution in [-0.2, 0) is 6.42 Å². The summed E-state index contributed by atoms with van der Waals surface area (Å²) in [6.45, 7) is 4.17. The first kappa shape index (κ1) is 24.1. The first-order chi connectivity index (χ1) is 16.4. The van der Waals surface area contributed by atoms with Crippen LogP contribution in [-0.4, -0.2) is 34.8 Å². The Morgan fingerprint density at radius 1 is 1.18 bits per heavy atom. The van der Waals surface area contributed by atoms with Gasteiger partial charge in [-0.25, -0.2) is 4.39 Å². The summed E-state index contributed by atoms with van der Waals surface area (Å²) in [5.41, 5.74) is 8.08. The predicted molar refractivity (Wildman–Crippen MR) is 134 cm³/mol. The summed E-state index contributed by atoms with van der Waals surface area (Å²) in [4.78, 5) is 29.0. The lowest BCUT2D eigenvalue weighted by Gasteiger charge is -2.30. The third-order valence-electron chi connectivity index (χ3n) is 6.89. The molecule has 0 saturated heterocycles. The Hall–Kier alpha value is -3.06. The lowest BCUT2D eigenvalue weighted by atomic mass is 9.80. The van der Waals surface area contributed by atoms with Crippen molar-refractivity contribution in [2.24, 2.45) is 11.1 Å². The van der Waals surface area contributed by atoms with Gasteiger partial charge < -0.3 is 11.1 Å². The predicted octanol–water partition coefficient (Wildman–Crippen LogP) is 5.59. The van der Waals surface area contributed by atoms with Gasteiger partial charge >= 0.3 is 0 Å². The lowest BCUT2D eigenvalue weighted by molar-refractivity contribution is 0.0816. The number of carbonyl (C=O) groups excluding carboxylic acids is 2. The maximum Gasteiger partial charge on any atom is 0.231 e. The summed E-state index contributed by atoms with van der Waals surface area (Å²) < 4.78 is 16.9. The third-order valence-corrected chi connectivity index (χ3v) is 6.89. The number of aldehydes is 1. The van der Waals surface area contributed by atoms with E-state index in [1.54, 1.807) is 17.0 Å². The van der Waals surface area contributed by atoms with Crippen LogP contribution in [0.3, 0.4) is 0 Å². The summed E-state index contributed by atoms with van der Waals surface area (Å²) in [7, 11) is 1.50. The summed E-state index contributed by atoms with van der Waals surface area (Å²) in [5, 5.41) is 4.32. The van der Waals surface area contributed by atoms with E-state index in [-0.39, 0.29) is 22.9 Å². The largest absolute Gasteiger partial charge is 0.382 e. The van der Waals surface area contributed by atoms with Crippen LogP contribution in [0.25, 0.3) is 22.0 Å². The fourth-order valence-corrected chi connectivity index (χ4v) is 5.44. The molecule has 34 heavy (non-hydrogen) atoms. The number of benzene rings is 1. The monoisotopic (exact) mass is 464 g/mol. The number of nitrogens with two attached hydrogens (primary N) is 1. The van der Waals surface area contributed by atoms with Crippen molar-refractivity contribution < 1.29 is 14.0 Å². The Morgan fingerprint density at radius 2 is 1.91 bits per heavy atom. The molecule has 0 atom stereocenters. The third kappa shape index (κ3) is 4.37. The van der Waals surface area contributed by atoms with Crippen LogP contribution in [0.1, 0.15) is 73.2 Å². The minimum atomic E-state index is -0.542. The maximum absolute atomic E-state index is 15.2. The van der Waals surface area contributed by atoms with Crippen LogP contribution in [0.15, 0.2) is 30.6 Å². The van der Waals surface area contributed by atoms with E-state index >= 15 is 4.39 Å². The van der Waals surface area contributed by atoms with Crippen LogP contribution in [0, 0.1) is 11.2 Å². The highest BCUT2D eigenvalue weighted by Crippen LogP contribution is 2.43. The molecule has 6 nitrogen and oxygen atoms in total. The van der Waals surface area contributed by atoms with Crippen molar-refractivity contribution in [3.05, 3.63) is 47.7 Å². The molecule has 0 spiro atoms. The van der Waals surface area contributed by atoms with Gasteiger partial charge in [-0.3, -0.25) is 19.1 Å². The highest BCUT2D eigenvalue weighted by Gasteiger charge is 2.35. The van der Waals surface area contributed by atoms with Gasteiger partial charge in [-0.2, -0.15) is 0 Å². The minimum absolute atomic E-state index is 0.0334. The Kier molecular flexibility index (Phi) is 6.84. The van der Waals surface area contributed by atoms with Crippen molar-refractivity contribution in [3.63, 3.8) is 0 Å². The van der Waals surface area contributed by atoms with Gasteiger partial charge in [-0.05, 0) is 55.5 Å². The van der Waals surface area contributed by atoms with E-state index in [0.717, 1.165) is 47.8 Å². The SMILES string of the molecule is CC1(C)CC(=O)n2c(c(-c3cc(F)c(C=O)c(NC4CCCCC4)c3)c3ccncc32)C1.CN. The van der Waals surface area contributed by atoms with E-state index in [9.17, 15) is 9.59 Å². The molecule has 3 N–H and O–H groups in total.